The summed E-state index contributed by atoms with van der Waals surface area (Å²) in [5, 5.41) is 9.90. The highest BCUT2D eigenvalue weighted by Gasteiger charge is 2.64. The summed E-state index contributed by atoms with van der Waals surface area (Å²) >= 11 is 0. The summed E-state index contributed by atoms with van der Waals surface area (Å²) < 4.78 is 0. The van der Waals surface area contributed by atoms with Crippen LogP contribution in [0.3, 0.4) is 0 Å². The van der Waals surface area contributed by atoms with Crippen LogP contribution in [0.25, 0.3) is 0 Å². The van der Waals surface area contributed by atoms with Crippen LogP contribution in [-0.4, -0.2) is 11.1 Å². The van der Waals surface area contributed by atoms with Gasteiger partial charge in [-0.2, -0.15) is 0 Å². The first-order valence-electron chi connectivity index (χ1n) is 9.23. The molecule has 0 amide bonds. The van der Waals surface area contributed by atoms with E-state index in [4.69, 9.17) is 0 Å². The smallest absolute Gasteiger partial charge is 0.309 e. The molecule has 1 unspecified atom stereocenters. The molecule has 4 rings (SSSR count). The first kappa shape index (κ1) is 14.8. The predicted octanol–water partition coefficient (Wildman–Crippen LogP) is 5.04. The summed E-state index contributed by atoms with van der Waals surface area (Å²) in [5.74, 6) is 1.32. The first-order valence-corrected chi connectivity index (χ1v) is 9.23. The Bertz CT molecular complexity index is 538. The fourth-order valence-electron chi connectivity index (χ4n) is 7.61. The summed E-state index contributed by atoms with van der Waals surface area (Å²) in [5.41, 5.74) is 1.71. The molecular weight excluding hydrogens is 272 g/mol. The predicted molar refractivity (Wildman–Crippen MR) is 87.4 cm³/mol. The van der Waals surface area contributed by atoms with Gasteiger partial charge in [0, 0.05) is 0 Å². The number of fused-ring (bicyclic) bond motifs is 3. The van der Waals surface area contributed by atoms with Gasteiger partial charge >= 0.3 is 5.97 Å². The highest BCUT2D eigenvalue weighted by molar-refractivity contribution is 5.75. The molecule has 2 nitrogen and oxygen atoms in total. The van der Waals surface area contributed by atoms with Crippen molar-refractivity contribution < 1.29 is 9.90 Å². The van der Waals surface area contributed by atoms with Crippen LogP contribution in [0.1, 0.15) is 71.6 Å². The number of carboxylic acid groups (broad SMARTS) is 1. The fraction of sp³-hybridized carbons (Fsp3) is 0.850. The Morgan fingerprint density at radius 1 is 1.14 bits per heavy atom. The van der Waals surface area contributed by atoms with Crippen molar-refractivity contribution in [3.8, 4) is 0 Å². The number of allylic oxidation sites excluding steroid dienone is 1. The van der Waals surface area contributed by atoms with Gasteiger partial charge in [0.25, 0.3) is 0 Å². The average Bonchev–Trinajstić information content (AvgIpc) is 2.68. The van der Waals surface area contributed by atoms with Crippen LogP contribution >= 0.6 is 0 Å². The van der Waals surface area contributed by atoms with E-state index in [0.29, 0.717) is 11.3 Å². The second-order valence-electron chi connectivity index (χ2n) is 9.40. The topological polar surface area (TPSA) is 37.3 Å². The molecule has 4 fully saturated rings. The molecule has 0 radical (unpaired) electrons. The van der Waals surface area contributed by atoms with Gasteiger partial charge in [-0.15, -0.1) is 0 Å². The van der Waals surface area contributed by atoms with E-state index in [2.05, 4.69) is 13.5 Å². The Labute approximate surface area is 134 Å². The molecule has 6 atom stereocenters. The molecule has 2 bridgehead atoms. The van der Waals surface area contributed by atoms with E-state index in [1.165, 1.54) is 44.1 Å². The van der Waals surface area contributed by atoms with Gasteiger partial charge in [0.15, 0.2) is 0 Å². The Morgan fingerprint density at radius 3 is 2.64 bits per heavy atom. The molecule has 0 heterocycles. The van der Waals surface area contributed by atoms with Gasteiger partial charge in [-0.3, -0.25) is 4.79 Å². The van der Waals surface area contributed by atoms with Gasteiger partial charge in [-0.25, -0.2) is 0 Å². The Balaban J connectivity index is 1.75. The number of hydrogen-bond acceptors (Lipinski definition) is 1. The SMILES string of the molecule is C=C1C[C@@]23CC[C@H]4[C@@](C)(CCC[C@@]4(C)C(=O)O)[C@@H]2CCC1C3. The van der Waals surface area contributed by atoms with Gasteiger partial charge in [0.1, 0.15) is 0 Å². The number of carboxylic acids is 1. The van der Waals surface area contributed by atoms with Crippen LogP contribution < -0.4 is 0 Å². The molecule has 122 valence electrons. The molecular formula is C20H30O2. The average molecular weight is 302 g/mol. The summed E-state index contributed by atoms with van der Waals surface area (Å²) in [4.78, 5) is 12.0. The zero-order chi connectivity index (χ0) is 15.8. The van der Waals surface area contributed by atoms with E-state index in [9.17, 15) is 9.90 Å². The number of aliphatic carboxylic acids is 1. The van der Waals surface area contributed by atoms with Crippen molar-refractivity contribution in [2.45, 2.75) is 71.6 Å². The van der Waals surface area contributed by atoms with Gasteiger partial charge in [0.05, 0.1) is 5.41 Å². The van der Waals surface area contributed by atoms with E-state index < -0.39 is 11.4 Å². The molecule has 1 N–H and O–H groups in total. The normalized spacial score (nSPS) is 53.7. The summed E-state index contributed by atoms with van der Waals surface area (Å²) in [6.07, 6.45) is 10.8. The van der Waals surface area contributed by atoms with Crippen molar-refractivity contribution in [1.29, 1.82) is 0 Å². The highest BCUT2D eigenvalue weighted by Crippen LogP contribution is 2.72. The van der Waals surface area contributed by atoms with E-state index in [0.717, 1.165) is 31.1 Å². The molecule has 2 heteroatoms. The van der Waals surface area contributed by atoms with Crippen LogP contribution in [-0.2, 0) is 4.79 Å². The molecule has 0 saturated heterocycles. The Morgan fingerprint density at radius 2 is 1.91 bits per heavy atom. The molecule has 0 aromatic heterocycles. The first-order chi connectivity index (χ1) is 10.3. The van der Waals surface area contributed by atoms with E-state index in [1.807, 2.05) is 6.92 Å². The van der Waals surface area contributed by atoms with Crippen molar-refractivity contribution in [2.75, 3.05) is 0 Å². The zero-order valence-electron chi connectivity index (χ0n) is 14.2. The van der Waals surface area contributed by atoms with E-state index in [-0.39, 0.29) is 5.41 Å². The molecule has 4 aliphatic rings. The minimum Gasteiger partial charge on any atom is -0.481 e. The van der Waals surface area contributed by atoms with Crippen LogP contribution in [0.4, 0.5) is 0 Å². The second kappa shape index (κ2) is 4.39. The van der Waals surface area contributed by atoms with Gasteiger partial charge in [-0.1, -0.05) is 25.5 Å². The molecule has 0 aliphatic heterocycles. The summed E-state index contributed by atoms with van der Waals surface area (Å²) in [6.45, 7) is 8.86. The zero-order valence-corrected chi connectivity index (χ0v) is 14.2. The van der Waals surface area contributed by atoms with Crippen LogP contribution in [0.2, 0.25) is 0 Å². The minimum atomic E-state index is -0.552. The largest absolute Gasteiger partial charge is 0.481 e. The number of carbonyl (C=O) groups is 1. The maximum absolute atomic E-state index is 12.0. The lowest BCUT2D eigenvalue weighted by molar-refractivity contribution is -0.181. The molecule has 1 spiro atoms. The maximum atomic E-state index is 12.0. The van der Waals surface area contributed by atoms with Crippen molar-refractivity contribution in [3.05, 3.63) is 12.2 Å². The molecule has 4 saturated carbocycles. The lowest BCUT2D eigenvalue weighted by atomic mass is 9.41. The molecule has 0 aromatic carbocycles. The van der Waals surface area contributed by atoms with Crippen LogP contribution in [0, 0.1) is 34.0 Å². The number of hydrogen-bond donors (Lipinski definition) is 1. The minimum absolute atomic E-state index is 0.235. The maximum Gasteiger partial charge on any atom is 0.309 e. The quantitative estimate of drug-likeness (QED) is 0.689. The van der Waals surface area contributed by atoms with Gasteiger partial charge in [-0.05, 0) is 86.9 Å². The Hall–Kier alpha value is -0.790. The van der Waals surface area contributed by atoms with Crippen LogP contribution in [0.15, 0.2) is 12.2 Å². The number of rotatable bonds is 1. The third-order valence-corrected chi connectivity index (χ3v) is 8.54. The third-order valence-electron chi connectivity index (χ3n) is 8.54. The van der Waals surface area contributed by atoms with Crippen molar-refractivity contribution in [2.24, 2.45) is 34.0 Å². The van der Waals surface area contributed by atoms with Crippen molar-refractivity contribution in [1.82, 2.24) is 0 Å². The van der Waals surface area contributed by atoms with Crippen molar-refractivity contribution >= 4 is 5.97 Å². The lowest BCUT2D eigenvalue weighted by Crippen LogP contribution is -2.58. The molecule has 0 aromatic rings. The summed E-state index contributed by atoms with van der Waals surface area (Å²) in [7, 11) is 0. The molecule has 4 aliphatic carbocycles. The van der Waals surface area contributed by atoms with Gasteiger partial charge < -0.3 is 5.11 Å². The third kappa shape index (κ3) is 1.65. The standard InChI is InChI=1S/C20H30O2/c1-13-11-20-10-7-15-18(2,16(20)6-5-14(13)12-20)8-4-9-19(15,3)17(21)22/h14-16H,1,4-12H2,2-3H3,(H,21,22)/t14?,15-,16-,18+,19+,20+/m0/s1. The van der Waals surface area contributed by atoms with Gasteiger partial charge in [0.2, 0.25) is 0 Å². The second-order valence-corrected chi connectivity index (χ2v) is 9.40. The van der Waals surface area contributed by atoms with Crippen molar-refractivity contribution in [3.63, 3.8) is 0 Å². The highest BCUT2D eigenvalue weighted by atomic mass is 16.4. The monoisotopic (exact) mass is 302 g/mol. The Kier molecular flexibility index (Phi) is 2.95. The lowest BCUT2D eigenvalue weighted by Gasteiger charge is -2.63. The van der Waals surface area contributed by atoms with E-state index in [1.54, 1.807) is 0 Å². The summed E-state index contributed by atoms with van der Waals surface area (Å²) in [6, 6.07) is 0. The fourth-order valence-corrected chi connectivity index (χ4v) is 7.61. The van der Waals surface area contributed by atoms with Crippen LogP contribution in [0.5, 0.6) is 0 Å². The molecule has 22 heavy (non-hydrogen) atoms. The van der Waals surface area contributed by atoms with E-state index >= 15 is 0 Å².